The Labute approximate surface area is 169 Å². The fourth-order valence-electron chi connectivity index (χ4n) is 3.52. The summed E-state index contributed by atoms with van der Waals surface area (Å²) in [5.41, 5.74) is 5.43. The lowest BCUT2D eigenvalue weighted by molar-refractivity contribution is -0.136. The van der Waals surface area contributed by atoms with Gasteiger partial charge in [0.2, 0.25) is 11.8 Å². The van der Waals surface area contributed by atoms with Crippen LogP contribution in [0.25, 0.3) is 0 Å². The Morgan fingerprint density at radius 3 is 2.75 bits per heavy atom. The minimum atomic E-state index is -0.386. The number of hydrogen-bond acceptors (Lipinski definition) is 4. The summed E-state index contributed by atoms with van der Waals surface area (Å²) in [6.07, 6.45) is 5.46. The molecule has 2 amide bonds. The molecule has 1 aromatic heterocycles. The number of benzene rings is 1. The minimum absolute atomic E-state index is 0.0894. The van der Waals surface area contributed by atoms with Crippen LogP contribution in [-0.2, 0) is 16.1 Å². The van der Waals surface area contributed by atoms with Crippen LogP contribution in [0, 0.1) is 5.92 Å². The summed E-state index contributed by atoms with van der Waals surface area (Å²) in [5.74, 6) is 0.272. The van der Waals surface area contributed by atoms with Crippen molar-refractivity contribution < 1.29 is 14.3 Å². The van der Waals surface area contributed by atoms with E-state index in [1.54, 1.807) is 30.5 Å². The van der Waals surface area contributed by atoms with Gasteiger partial charge in [0.1, 0.15) is 11.9 Å². The van der Waals surface area contributed by atoms with E-state index in [1.165, 1.54) is 0 Å². The standard InChI is InChI=1S/C20H25ClN4O3/c21-16-4-6-17(7-5-16)28-18-8-12-24(14-15(18)13-19(22)26)20(27)3-1-10-25-11-2-9-23-25/h2,4-7,9,11,15,18H,1,3,8,10,12-14H2,(H2,22,26)/t15-,18-/m0/s1. The topological polar surface area (TPSA) is 90.5 Å². The first-order valence-corrected chi connectivity index (χ1v) is 9.85. The molecule has 150 valence electrons. The second kappa shape index (κ2) is 9.59. The number of amides is 2. The van der Waals surface area contributed by atoms with E-state index in [0.717, 1.165) is 6.42 Å². The zero-order valence-corrected chi connectivity index (χ0v) is 16.4. The second-order valence-electron chi connectivity index (χ2n) is 7.04. The van der Waals surface area contributed by atoms with Gasteiger partial charge in [-0.3, -0.25) is 14.3 Å². The molecule has 8 heteroatoms. The number of rotatable bonds is 8. The Morgan fingerprint density at radius 2 is 2.07 bits per heavy atom. The summed E-state index contributed by atoms with van der Waals surface area (Å²) in [7, 11) is 0. The van der Waals surface area contributed by atoms with Crippen LogP contribution >= 0.6 is 11.6 Å². The molecule has 7 nitrogen and oxygen atoms in total. The summed E-state index contributed by atoms with van der Waals surface area (Å²) >= 11 is 5.91. The first kappa shape index (κ1) is 20.2. The molecule has 0 aliphatic carbocycles. The molecule has 2 heterocycles. The van der Waals surface area contributed by atoms with Crippen LogP contribution in [0.3, 0.4) is 0 Å². The molecule has 0 radical (unpaired) electrons. The number of nitrogens with zero attached hydrogens (tertiary/aromatic N) is 3. The van der Waals surface area contributed by atoms with Crippen LogP contribution in [0.2, 0.25) is 5.02 Å². The van der Waals surface area contributed by atoms with Gasteiger partial charge in [0.05, 0.1) is 0 Å². The monoisotopic (exact) mass is 404 g/mol. The van der Waals surface area contributed by atoms with Gasteiger partial charge in [0.15, 0.2) is 0 Å². The maximum Gasteiger partial charge on any atom is 0.222 e. The Balaban J connectivity index is 1.55. The number of piperidine rings is 1. The number of halogens is 1. The fourth-order valence-corrected chi connectivity index (χ4v) is 3.64. The average molecular weight is 405 g/mol. The number of carbonyl (C=O) groups excluding carboxylic acids is 2. The smallest absolute Gasteiger partial charge is 0.222 e. The quantitative estimate of drug-likeness (QED) is 0.731. The zero-order chi connectivity index (χ0) is 19.9. The zero-order valence-electron chi connectivity index (χ0n) is 15.7. The van der Waals surface area contributed by atoms with E-state index in [2.05, 4.69) is 5.10 Å². The molecule has 0 bridgehead atoms. The van der Waals surface area contributed by atoms with E-state index in [9.17, 15) is 9.59 Å². The molecule has 1 aliphatic rings. The van der Waals surface area contributed by atoms with Crippen molar-refractivity contribution in [1.82, 2.24) is 14.7 Å². The van der Waals surface area contributed by atoms with Crippen molar-refractivity contribution in [2.75, 3.05) is 13.1 Å². The van der Waals surface area contributed by atoms with E-state index in [-0.39, 0.29) is 30.3 Å². The Hall–Kier alpha value is -2.54. The summed E-state index contributed by atoms with van der Waals surface area (Å²) in [6.45, 7) is 1.79. The van der Waals surface area contributed by atoms with E-state index >= 15 is 0 Å². The molecule has 2 atom stereocenters. The van der Waals surface area contributed by atoms with Crippen LogP contribution < -0.4 is 10.5 Å². The van der Waals surface area contributed by atoms with Gasteiger partial charge in [-0.05, 0) is 36.8 Å². The van der Waals surface area contributed by atoms with Gasteiger partial charge in [-0.1, -0.05) is 11.6 Å². The maximum atomic E-state index is 12.6. The molecule has 0 spiro atoms. The Kier molecular flexibility index (Phi) is 6.92. The molecule has 2 N–H and O–H groups in total. The molecule has 3 rings (SSSR count). The van der Waals surface area contributed by atoms with Crippen molar-refractivity contribution in [3.8, 4) is 5.75 Å². The molecular weight excluding hydrogens is 380 g/mol. The Bertz CT molecular complexity index is 779. The highest BCUT2D eigenvalue weighted by Crippen LogP contribution is 2.27. The SMILES string of the molecule is NC(=O)C[C@H]1CN(C(=O)CCCn2cccn2)CC[C@@H]1Oc1ccc(Cl)cc1. The van der Waals surface area contributed by atoms with E-state index in [1.807, 2.05) is 21.8 Å². The first-order chi connectivity index (χ1) is 13.5. The lowest BCUT2D eigenvalue weighted by atomic mass is 9.91. The highest BCUT2D eigenvalue weighted by atomic mass is 35.5. The molecular formula is C20H25ClN4O3. The lowest BCUT2D eigenvalue weighted by Crippen LogP contribution is -2.49. The van der Waals surface area contributed by atoms with Crippen molar-refractivity contribution in [2.45, 2.75) is 38.3 Å². The van der Waals surface area contributed by atoms with Crippen LogP contribution in [-0.4, -0.2) is 45.7 Å². The number of aryl methyl sites for hydroxylation is 1. The van der Waals surface area contributed by atoms with Gasteiger partial charge in [-0.15, -0.1) is 0 Å². The van der Waals surface area contributed by atoms with Gasteiger partial charge in [0, 0.05) is 62.2 Å². The van der Waals surface area contributed by atoms with E-state index in [4.69, 9.17) is 22.1 Å². The third-order valence-corrected chi connectivity index (χ3v) is 5.17. The number of aromatic nitrogens is 2. The number of nitrogens with two attached hydrogens (primary N) is 1. The number of carbonyl (C=O) groups is 2. The molecule has 1 aliphatic heterocycles. The van der Waals surface area contributed by atoms with E-state index < -0.39 is 0 Å². The van der Waals surface area contributed by atoms with Crippen molar-refractivity contribution in [1.29, 1.82) is 0 Å². The van der Waals surface area contributed by atoms with Crippen LogP contribution in [0.4, 0.5) is 0 Å². The van der Waals surface area contributed by atoms with Gasteiger partial charge in [-0.2, -0.15) is 5.10 Å². The van der Waals surface area contributed by atoms with Gasteiger partial charge in [0.25, 0.3) is 0 Å². The predicted octanol–water partition coefficient (Wildman–Crippen LogP) is 2.49. The lowest BCUT2D eigenvalue weighted by Gasteiger charge is -2.38. The largest absolute Gasteiger partial charge is 0.490 e. The number of ether oxygens (including phenoxy) is 1. The fraction of sp³-hybridized carbons (Fsp3) is 0.450. The molecule has 28 heavy (non-hydrogen) atoms. The third kappa shape index (κ3) is 5.73. The minimum Gasteiger partial charge on any atom is -0.490 e. The summed E-state index contributed by atoms with van der Waals surface area (Å²) < 4.78 is 7.88. The summed E-state index contributed by atoms with van der Waals surface area (Å²) in [5, 5.41) is 4.78. The number of primary amides is 1. The summed E-state index contributed by atoms with van der Waals surface area (Å²) in [6, 6.07) is 8.99. The van der Waals surface area contributed by atoms with Gasteiger partial charge in [-0.25, -0.2) is 0 Å². The van der Waals surface area contributed by atoms with Gasteiger partial charge >= 0.3 is 0 Å². The first-order valence-electron chi connectivity index (χ1n) is 9.47. The highest BCUT2D eigenvalue weighted by Gasteiger charge is 2.33. The van der Waals surface area contributed by atoms with Crippen molar-refractivity contribution in [2.24, 2.45) is 11.7 Å². The van der Waals surface area contributed by atoms with Crippen molar-refractivity contribution >= 4 is 23.4 Å². The van der Waals surface area contributed by atoms with Crippen LogP contribution in [0.15, 0.2) is 42.7 Å². The highest BCUT2D eigenvalue weighted by molar-refractivity contribution is 6.30. The molecule has 1 fully saturated rings. The molecule has 0 unspecified atom stereocenters. The van der Waals surface area contributed by atoms with Crippen LogP contribution in [0.1, 0.15) is 25.7 Å². The number of hydrogen-bond donors (Lipinski definition) is 1. The molecule has 1 aromatic carbocycles. The number of likely N-dealkylation sites (tertiary alicyclic amines) is 1. The van der Waals surface area contributed by atoms with Crippen molar-refractivity contribution in [3.63, 3.8) is 0 Å². The third-order valence-electron chi connectivity index (χ3n) is 4.92. The van der Waals surface area contributed by atoms with Gasteiger partial charge < -0.3 is 15.4 Å². The van der Waals surface area contributed by atoms with E-state index in [0.29, 0.717) is 43.2 Å². The molecule has 2 aromatic rings. The Morgan fingerprint density at radius 1 is 1.29 bits per heavy atom. The predicted molar refractivity (Wildman–Crippen MR) is 106 cm³/mol. The average Bonchev–Trinajstić information content (AvgIpc) is 3.18. The van der Waals surface area contributed by atoms with Crippen molar-refractivity contribution in [3.05, 3.63) is 47.7 Å². The molecule has 0 saturated carbocycles. The second-order valence-corrected chi connectivity index (χ2v) is 7.48. The molecule has 1 saturated heterocycles. The summed E-state index contributed by atoms with van der Waals surface area (Å²) in [4.78, 5) is 25.9. The normalized spacial score (nSPS) is 19.4. The maximum absolute atomic E-state index is 12.6. The van der Waals surface area contributed by atoms with Crippen LogP contribution in [0.5, 0.6) is 5.75 Å².